The van der Waals surface area contributed by atoms with Crippen molar-refractivity contribution in [1.82, 2.24) is 5.32 Å². The minimum absolute atomic E-state index is 0.122. The van der Waals surface area contributed by atoms with Crippen LogP contribution >= 0.6 is 11.6 Å². The van der Waals surface area contributed by atoms with Gasteiger partial charge in [-0.25, -0.2) is 0 Å². The Morgan fingerprint density at radius 3 is 2.43 bits per heavy atom. The summed E-state index contributed by atoms with van der Waals surface area (Å²) in [5.74, 6) is 0.404. The van der Waals surface area contributed by atoms with Crippen LogP contribution < -0.4 is 10.1 Å². The largest absolute Gasteiger partial charge is 0.467 e. The van der Waals surface area contributed by atoms with E-state index in [1.54, 1.807) is 18.2 Å². The predicted molar refractivity (Wildman–Crippen MR) is 75.5 cm³/mol. The number of hydrogen-bond donors (Lipinski definition) is 1. The Bertz CT molecular complexity index is 459. The van der Waals surface area contributed by atoms with Gasteiger partial charge in [0.2, 0.25) is 0 Å². The highest BCUT2D eigenvalue weighted by atomic mass is 35.5. The van der Waals surface area contributed by atoms with E-state index in [1.807, 2.05) is 20.8 Å². The number of halogens is 4. The van der Waals surface area contributed by atoms with E-state index in [1.165, 1.54) is 0 Å². The van der Waals surface area contributed by atoms with Gasteiger partial charge in [-0.05, 0) is 32.9 Å². The molecular weight excluding hydrogens is 307 g/mol. The zero-order valence-corrected chi connectivity index (χ0v) is 12.9. The number of benzene rings is 1. The van der Waals surface area contributed by atoms with Crippen LogP contribution in [0.4, 0.5) is 13.2 Å². The summed E-state index contributed by atoms with van der Waals surface area (Å²) in [6.45, 7) is 4.60. The van der Waals surface area contributed by atoms with Gasteiger partial charge in [0.05, 0.1) is 0 Å². The summed E-state index contributed by atoms with van der Waals surface area (Å²) in [5.41, 5.74) is 0.563. The number of alkyl halides is 3. The molecule has 0 aliphatic carbocycles. The van der Waals surface area contributed by atoms with Crippen LogP contribution in [0.25, 0.3) is 0 Å². The number of ether oxygens (including phenoxy) is 2. The molecule has 0 spiro atoms. The van der Waals surface area contributed by atoms with E-state index in [0.29, 0.717) is 22.9 Å². The molecule has 0 radical (unpaired) electrons. The third-order valence-electron chi connectivity index (χ3n) is 2.43. The maximum atomic E-state index is 12.0. The van der Waals surface area contributed by atoms with Crippen LogP contribution in [-0.4, -0.2) is 25.1 Å². The van der Waals surface area contributed by atoms with Crippen molar-refractivity contribution in [2.45, 2.75) is 39.0 Å². The molecule has 0 bridgehead atoms. The molecule has 1 aromatic carbocycles. The molecule has 120 valence electrons. The smallest absolute Gasteiger partial charge is 0.411 e. The highest BCUT2D eigenvalue weighted by Crippen LogP contribution is 2.27. The summed E-state index contributed by atoms with van der Waals surface area (Å²) in [6, 6.07) is 5.01. The van der Waals surface area contributed by atoms with Crippen molar-refractivity contribution in [3.63, 3.8) is 0 Å². The van der Waals surface area contributed by atoms with Crippen LogP contribution in [0.15, 0.2) is 18.2 Å². The van der Waals surface area contributed by atoms with Crippen molar-refractivity contribution in [1.29, 1.82) is 0 Å². The maximum absolute atomic E-state index is 12.0. The van der Waals surface area contributed by atoms with E-state index in [9.17, 15) is 13.2 Å². The first-order valence-corrected chi connectivity index (χ1v) is 6.76. The van der Waals surface area contributed by atoms with Gasteiger partial charge in [-0.3, -0.25) is 0 Å². The Hall–Kier alpha value is -0.980. The second-order valence-electron chi connectivity index (χ2n) is 5.55. The SMILES string of the molecule is CC(C)(C)NCc1c(Cl)cccc1OCOCC(F)(F)F. The lowest BCUT2D eigenvalue weighted by atomic mass is 10.1. The van der Waals surface area contributed by atoms with Gasteiger partial charge in [-0.15, -0.1) is 0 Å². The minimum atomic E-state index is -4.37. The second-order valence-corrected chi connectivity index (χ2v) is 5.95. The molecule has 0 fully saturated rings. The average molecular weight is 326 g/mol. The van der Waals surface area contributed by atoms with E-state index in [2.05, 4.69) is 10.1 Å². The Balaban J connectivity index is 2.63. The van der Waals surface area contributed by atoms with Crippen molar-refractivity contribution in [2.75, 3.05) is 13.4 Å². The fraction of sp³-hybridized carbons (Fsp3) is 0.571. The lowest BCUT2D eigenvalue weighted by Gasteiger charge is -2.22. The third-order valence-corrected chi connectivity index (χ3v) is 2.79. The van der Waals surface area contributed by atoms with Gasteiger partial charge in [0, 0.05) is 22.7 Å². The first kappa shape index (κ1) is 18.1. The molecule has 1 rings (SSSR count). The van der Waals surface area contributed by atoms with E-state index >= 15 is 0 Å². The van der Waals surface area contributed by atoms with Crippen LogP contribution in [-0.2, 0) is 11.3 Å². The second kappa shape index (κ2) is 7.33. The van der Waals surface area contributed by atoms with Crippen LogP contribution in [0.5, 0.6) is 5.75 Å². The highest BCUT2D eigenvalue weighted by molar-refractivity contribution is 6.31. The fourth-order valence-corrected chi connectivity index (χ4v) is 1.69. The number of rotatable bonds is 6. The number of nitrogens with one attached hydrogen (secondary N) is 1. The van der Waals surface area contributed by atoms with Crippen LogP contribution in [0.2, 0.25) is 5.02 Å². The molecule has 21 heavy (non-hydrogen) atoms. The normalized spacial score (nSPS) is 12.5. The van der Waals surface area contributed by atoms with Gasteiger partial charge in [0.1, 0.15) is 12.4 Å². The van der Waals surface area contributed by atoms with Crippen molar-refractivity contribution in [3.8, 4) is 5.75 Å². The van der Waals surface area contributed by atoms with E-state index in [0.717, 1.165) is 0 Å². The van der Waals surface area contributed by atoms with Crippen molar-refractivity contribution < 1.29 is 22.6 Å². The first-order chi connectivity index (χ1) is 9.58. The lowest BCUT2D eigenvalue weighted by molar-refractivity contribution is -0.186. The zero-order chi connectivity index (χ0) is 16.1. The van der Waals surface area contributed by atoms with Gasteiger partial charge >= 0.3 is 6.18 Å². The molecule has 0 aliphatic rings. The number of hydrogen-bond acceptors (Lipinski definition) is 3. The summed E-state index contributed by atoms with van der Waals surface area (Å²) in [6.07, 6.45) is -4.37. The molecule has 0 aromatic heterocycles. The van der Waals surface area contributed by atoms with Gasteiger partial charge in [0.15, 0.2) is 6.79 Å². The molecule has 0 unspecified atom stereocenters. The molecule has 0 atom stereocenters. The molecule has 0 aliphatic heterocycles. The summed E-state index contributed by atoms with van der Waals surface area (Å²) in [4.78, 5) is 0. The summed E-state index contributed by atoms with van der Waals surface area (Å²) in [5, 5.41) is 3.73. The minimum Gasteiger partial charge on any atom is -0.467 e. The van der Waals surface area contributed by atoms with Gasteiger partial charge in [-0.1, -0.05) is 17.7 Å². The Morgan fingerprint density at radius 2 is 1.86 bits per heavy atom. The molecule has 7 heteroatoms. The standard InChI is InChI=1S/C14H19ClF3NO2/c1-13(2,3)19-7-10-11(15)5-4-6-12(10)21-9-20-8-14(16,17)18/h4-6,19H,7-9H2,1-3H3. The topological polar surface area (TPSA) is 30.5 Å². The van der Waals surface area contributed by atoms with Crippen molar-refractivity contribution in [2.24, 2.45) is 0 Å². The molecule has 0 saturated heterocycles. The van der Waals surface area contributed by atoms with Crippen molar-refractivity contribution >= 4 is 11.6 Å². The highest BCUT2D eigenvalue weighted by Gasteiger charge is 2.27. The zero-order valence-electron chi connectivity index (χ0n) is 12.2. The third kappa shape index (κ3) is 7.55. The van der Waals surface area contributed by atoms with Gasteiger partial charge in [0.25, 0.3) is 0 Å². The fourth-order valence-electron chi connectivity index (χ4n) is 1.46. The Labute approximate surface area is 127 Å². The van der Waals surface area contributed by atoms with Crippen molar-refractivity contribution in [3.05, 3.63) is 28.8 Å². The van der Waals surface area contributed by atoms with E-state index < -0.39 is 19.6 Å². The van der Waals surface area contributed by atoms with E-state index in [-0.39, 0.29) is 5.54 Å². The maximum Gasteiger partial charge on any atom is 0.411 e. The quantitative estimate of drug-likeness (QED) is 0.630. The molecular formula is C14H19ClF3NO2. The van der Waals surface area contributed by atoms with Crippen LogP contribution in [0.1, 0.15) is 26.3 Å². The predicted octanol–water partition coefficient (Wildman–Crippen LogP) is 4.14. The van der Waals surface area contributed by atoms with Crippen LogP contribution in [0, 0.1) is 0 Å². The van der Waals surface area contributed by atoms with E-state index in [4.69, 9.17) is 16.3 Å². The molecule has 3 nitrogen and oxygen atoms in total. The molecule has 1 N–H and O–H groups in total. The summed E-state index contributed by atoms with van der Waals surface area (Å²) >= 11 is 6.10. The van der Waals surface area contributed by atoms with Crippen LogP contribution in [0.3, 0.4) is 0 Å². The molecule has 0 saturated carbocycles. The van der Waals surface area contributed by atoms with Gasteiger partial charge < -0.3 is 14.8 Å². The Kier molecular flexibility index (Phi) is 6.31. The lowest BCUT2D eigenvalue weighted by Crippen LogP contribution is -2.35. The molecule has 1 aromatic rings. The monoisotopic (exact) mass is 325 g/mol. The molecule has 0 amide bonds. The average Bonchev–Trinajstić information content (AvgIpc) is 2.31. The summed E-state index contributed by atoms with van der Waals surface area (Å²) < 4.78 is 45.6. The first-order valence-electron chi connectivity index (χ1n) is 6.38. The summed E-state index contributed by atoms with van der Waals surface area (Å²) in [7, 11) is 0. The molecule has 0 heterocycles. The van der Waals surface area contributed by atoms with Gasteiger partial charge in [-0.2, -0.15) is 13.2 Å². The Morgan fingerprint density at radius 1 is 1.19 bits per heavy atom.